The molecule has 3 unspecified atom stereocenters. The van der Waals surface area contributed by atoms with Crippen molar-refractivity contribution in [2.45, 2.75) is 37.8 Å². The lowest BCUT2D eigenvalue weighted by Crippen LogP contribution is -2.39. The fourth-order valence-corrected chi connectivity index (χ4v) is 4.86. The topological polar surface area (TPSA) is 72.4 Å². The first kappa shape index (κ1) is 16.6. The zero-order valence-corrected chi connectivity index (χ0v) is 15.1. The van der Waals surface area contributed by atoms with Gasteiger partial charge < -0.3 is 4.74 Å². The first-order valence-corrected chi connectivity index (χ1v) is 9.83. The number of fused-ring (bicyclic) bond motifs is 1. The monoisotopic (exact) mass is 385 g/mol. The molecule has 5 rings (SSSR count). The van der Waals surface area contributed by atoms with Gasteiger partial charge in [-0.15, -0.1) is 10.2 Å². The predicted octanol–water partition coefficient (Wildman–Crippen LogP) is 3.18. The van der Waals surface area contributed by atoms with Crippen LogP contribution < -0.4 is 4.90 Å². The summed E-state index contributed by atoms with van der Waals surface area (Å²) >= 11 is 1.21. The summed E-state index contributed by atoms with van der Waals surface area (Å²) in [4.78, 5) is 27.9. The molecule has 3 aliphatic rings. The lowest BCUT2D eigenvalue weighted by atomic mass is 9.77. The maximum atomic E-state index is 13.4. The molecule has 8 heteroatoms. The number of hydrogen-bond acceptors (Lipinski definition) is 6. The number of carbonyl (C=O) groups is 2. The zero-order valence-electron chi connectivity index (χ0n) is 14.3. The van der Waals surface area contributed by atoms with E-state index in [9.17, 15) is 14.0 Å². The number of halogens is 1. The van der Waals surface area contributed by atoms with Crippen LogP contribution in [0, 0.1) is 11.7 Å². The van der Waals surface area contributed by atoms with E-state index in [4.69, 9.17) is 4.74 Å². The van der Waals surface area contributed by atoms with E-state index in [1.165, 1.54) is 33.9 Å². The van der Waals surface area contributed by atoms with Crippen molar-refractivity contribution in [3.63, 3.8) is 0 Å². The summed E-state index contributed by atoms with van der Waals surface area (Å²) in [6.45, 7) is 0. The molecule has 0 saturated heterocycles. The van der Waals surface area contributed by atoms with Crippen LogP contribution in [0.5, 0.6) is 0 Å². The Bertz CT molecular complexity index is 942. The van der Waals surface area contributed by atoms with E-state index >= 15 is 0 Å². The van der Waals surface area contributed by atoms with Crippen LogP contribution in [-0.4, -0.2) is 28.0 Å². The molecule has 0 radical (unpaired) electrons. The highest BCUT2D eigenvalue weighted by Crippen LogP contribution is 2.48. The van der Waals surface area contributed by atoms with Crippen molar-refractivity contribution in [2.24, 2.45) is 5.92 Å². The van der Waals surface area contributed by atoms with Crippen molar-refractivity contribution >= 4 is 28.2 Å². The van der Waals surface area contributed by atoms with E-state index < -0.39 is 6.04 Å². The summed E-state index contributed by atoms with van der Waals surface area (Å²) in [7, 11) is 0. The molecular weight excluding hydrogens is 369 g/mol. The Morgan fingerprint density at radius 2 is 1.93 bits per heavy atom. The Labute approximate surface area is 158 Å². The normalized spacial score (nSPS) is 27.4. The number of aromatic nitrogens is 2. The van der Waals surface area contributed by atoms with Gasteiger partial charge >= 0.3 is 0 Å². The standard InChI is InChI=1S/C19H16FN3O3S/c20-11-7-5-10(6-8-11)15-14-16(24)12-3-1-2-4-13(12)26-17(14)18(25)23(15)19-22-21-9-27-19/h5-9,12-13,15H,1-4H2. The summed E-state index contributed by atoms with van der Waals surface area (Å²) in [5.41, 5.74) is 2.55. The molecule has 2 aliphatic heterocycles. The second-order valence-corrected chi connectivity index (χ2v) is 7.82. The molecule has 1 saturated carbocycles. The SMILES string of the molecule is O=C1C2=C(OC3CCCCC13)C(=O)N(c1nncs1)C2c1ccc(F)cc1. The highest BCUT2D eigenvalue weighted by Gasteiger charge is 2.53. The van der Waals surface area contributed by atoms with Gasteiger partial charge in [0.2, 0.25) is 5.13 Å². The maximum absolute atomic E-state index is 13.4. The smallest absolute Gasteiger partial charge is 0.296 e. The van der Waals surface area contributed by atoms with Crippen LogP contribution in [0.3, 0.4) is 0 Å². The number of nitrogens with zero attached hydrogens (tertiary/aromatic N) is 3. The van der Waals surface area contributed by atoms with Crippen LogP contribution in [0.4, 0.5) is 9.52 Å². The van der Waals surface area contributed by atoms with Gasteiger partial charge in [0, 0.05) is 0 Å². The molecule has 27 heavy (non-hydrogen) atoms. The van der Waals surface area contributed by atoms with Crippen molar-refractivity contribution in [2.75, 3.05) is 4.90 Å². The molecule has 1 amide bonds. The molecule has 1 aromatic heterocycles. The Morgan fingerprint density at radius 1 is 1.15 bits per heavy atom. The molecule has 0 spiro atoms. The molecule has 1 aliphatic carbocycles. The lowest BCUT2D eigenvalue weighted by molar-refractivity contribution is -0.131. The van der Waals surface area contributed by atoms with Crippen LogP contribution in [0.2, 0.25) is 0 Å². The molecule has 138 valence electrons. The highest BCUT2D eigenvalue weighted by molar-refractivity contribution is 7.13. The first-order valence-electron chi connectivity index (χ1n) is 8.95. The average Bonchev–Trinajstić information content (AvgIpc) is 3.30. The number of anilines is 1. The number of hydrogen-bond donors (Lipinski definition) is 0. The fourth-order valence-electron chi connectivity index (χ4n) is 4.27. The Kier molecular flexibility index (Phi) is 3.82. The minimum atomic E-state index is -0.670. The zero-order chi connectivity index (χ0) is 18.5. The minimum Gasteiger partial charge on any atom is -0.483 e. The average molecular weight is 385 g/mol. The number of ketones is 1. The molecule has 3 heterocycles. The van der Waals surface area contributed by atoms with E-state index in [0.29, 0.717) is 16.3 Å². The maximum Gasteiger partial charge on any atom is 0.296 e. The van der Waals surface area contributed by atoms with E-state index in [1.54, 1.807) is 12.1 Å². The van der Waals surface area contributed by atoms with Gasteiger partial charge in [-0.3, -0.25) is 14.5 Å². The Balaban J connectivity index is 1.65. The molecule has 0 bridgehead atoms. The predicted molar refractivity (Wildman–Crippen MR) is 95.4 cm³/mol. The van der Waals surface area contributed by atoms with E-state index in [1.807, 2.05) is 0 Å². The molecular formula is C19H16FN3O3S. The van der Waals surface area contributed by atoms with Gasteiger partial charge in [0.05, 0.1) is 17.5 Å². The number of benzene rings is 1. The molecule has 1 aromatic carbocycles. The summed E-state index contributed by atoms with van der Waals surface area (Å²) < 4.78 is 19.5. The van der Waals surface area contributed by atoms with Gasteiger partial charge in [0.15, 0.2) is 11.5 Å². The first-order chi connectivity index (χ1) is 13.1. The van der Waals surface area contributed by atoms with E-state index in [0.717, 1.165) is 25.7 Å². The highest BCUT2D eigenvalue weighted by atomic mass is 32.1. The summed E-state index contributed by atoms with van der Waals surface area (Å²) in [6.07, 6.45) is 3.28. The third-order valence-electron chi connectivity index (χ3n) is 5.50. The van der Waals surface area contributed by atoms with Gasteiger partial charge in [-0.05, 0) is 37.0 Å². The van der Waals surface area contributed by atoms with E-state index in [2.05, 4.69) is 10.2 Å². The number of rotatable bonds is 2. The minimum absolute atomic E-state index is 0.0318. The van der Waals surface area contributed by atoms with Crippen molar-refractivity contribution in [1.29, 1.82) is 0 Å². The third-order valence-corrected chi connectivity index (χ3v) is 6.19. The van der Waals surface area contributed by atoms with Crippen molar-refractivity contribution in [1.82, 2.24) is 10.2 Å². The van der Waals surface area contributed by atoms with Crippen LogP contribution in [0.15, 0.2) is 41.1 Å². The molecule has 3 atom stereocenters. The quantitative estimate of drug-likeness (QED) is 0.794. The van der Waals surface area contributed by atoms with Crippen molar-refractivity contribution in [3.8, 4) is 0 Å². The van der Waals surface area contributed by atoms with Gasteiger partial charge in [-0.25, -0.2) is 4.39 Å². The van der Waals surface area contributed by atoms with Crippen LogP contribution in [-0.2, 0) is 14.3 Å². The van der Waals surface area contributed by atoms with E-state index in [-0.39, 0.29) is 35.3 Å². The lowest BCUT2D eigenvalue weighted by Gasteiger charge is -2.35. The number of Topliss-reactive ketones (excluding diaryl/α,β-unsaturated/α-hetero) is 1. The van der Waals surface area contributed by atoms with Crippen molar-refractivity contribution in [3.05, 3.63) is 52.5 Å². The van der Waals surface area contributed by atoms with Gasteiger partial charge in [-0.2, -0.15) is 0 Å². The number of carbonyl (C=O) groups excluding carboxylic acids is 2. The largest absolute Gasteiger partial charge is 0.483 e. The summed E-state index contributed by atoms with van der Waals surface area (Å²) in [6, 6.07) is 5.17. The summed E-state index contributed by atoms with van der Waals surface area (Å²) in [5, 5.41) is 8.24. The van der Waals surface area contributed by atoms with Crippen molar-refractivity contribution < 1.29 is 18.7 Å². The third kappa shape index (κ3) is 2.50. The Hall–Kier alpha value is -2.61. The molecule has 1 fully saturated rings. The van der Waals surface area contributed by atoms with Crippen LogP contribution in [0.1, 0.15) is 37.3 Å². The fraction of sp³-hybridized carbons (Fsp3) is 0.368. The molecule has 0 N–H and O–H groups in total. The van der Waals surface area contributed by atoms with Crippen LogP contribution in [0.25, 0.3) is 0 Å². The Morgan fingerprint density at radius 3 is 2.67 bits per heavy atom. The number of amides is 1. The second kappa shape index (κ2) is 6.23. The van der Waals surface area contributed by atoms with Crippen LogP contribution >= 0.6 is 11.3 Å². The van der Waals surface area contributed by atoms with Gasteiger partial charge in [0.1, 0.15) is 17.4 Å². The van der Waals surface area contributed by atoms with Gasteiger partial charge in [-0.1, -0.05) is 29.9 Å². The van der Waals surface area contributed by atoms with Gasteiger partial charge in [0.25, 0.3) is 5.91 Å². The summed E-state index contributed by atoms with van der Waals surface area (Å²) in [5.74, 6) is -0.891. The number of ether oxygens (including phenoxy) is 1. The second-order valence-electron chi connectivity index (χ2n) is 7.00. The molecule has 6 nitrogen and oxygen atoms in total. The molecule has 2 aromatic rings.